The summed E-state index contributed by atoms with van der Waals surface area (Å²) in [6, 6.07) is 8.88. The molecule has 6 aliphatic rings. The van der Waals surface area contributed by atoms with E-state index in [1.807, 2.05) is 13.0 Å². The Morgan fingerprint density at radius 1 is 1.10 bits per heavy atom. The summed E-state index contributed by atoms with van der Waals surface area (Å²) in [4.78, 5) is 19.5. The van der Waals surface area contributed by atoms with Crippen LogP contribution in [0.3, 0.4) is 0 Å². The third-order valence-corrected chi connectivity index (χ3v) is 12.1. The third-order valence-electron chi connectivity index (χ3n) is 12.1. The molecule has 0 radical (unpaired) electrons. The van der Waals surface area contributed by atoms with E-state index in [0.29, 0.717) is 46.7 Å². The van der Waals surface area contributed by atoms with Crippen molar-refractivity contribution in [3.63, 3.8) is 0 Å². The Bertz CT molecular complexity index is 2130. The molecule has 5 fully saturated rings. The Labute approximate surface area is 277 Å². The maximum atomic E-state index is 17.2. The number of ether oxygens (including phenoxy) is 2. The van der Waals surface area contributed by atoms with Crippen molar-refractivity contribution in [3.8, 4) is 35.5 Å². The van der Waals surface area contributed by atoms with Crippen molar-refractivity contribution < 1.29 is 18.3 Å². The number of pyridine rings is 1. The van der Waals surface area contributed by atoms with Gasteiger partial charge in [0.25, 0.3) is 0 Å². The zero-order chi connectivity index (χ0) is 32.5. The van der Waals surface area contributed by atoms with Gasteiger partial charge in [-0.1, -0.05) is 42.3 Å². The van der Waals surface area contributed by atoms with Gasteiger partial charge in [0, 0.05) is 41.7 Å². The quantitative estimate of drug-likeness (QED) is 0.217. The van der Waals surface area contributed by atoms with Gasteiger partial charge in [-0.2, -0.15) is 9.97 Å². The summed E-state index contributed by atoms with van der Waals surface area (Å²) in [5.74, 6) is 2.11. The van der Waals surface area contributed by atoms with Crippen LogP contribution >= 0.6 is 0 Å². The number of benzene rings is 2. The van der Waals surface area contributed by atoms with Crippen LogP contribution in [0.4, 0.5) is 14.6 Å². The Morgan fingerprint density at radius 2 is 1.96 bits per heavy atom. The molecule has 2 aromatic heterocycles. The van der Waals surface area contributed by atoms with Gasteiger partial charge in [-0.15, -0.1) is 6.42 Å². The molecule has 1 unspecified atom stereocenters. The second kappa shape index (κ2) is 9.86. The van der Waals surface area contributed by atoms with Crippen molar-refractivity contribution in [2.45, 2.75) is 87.2 Å². The zero-order valence-corrected chi connectivity index (χ0v) is 26.9. The molecule has 4 saturated heterocycles. The number of nitrogens with zero attached hydrogens (tertiary/aromatic N) is 5. The lowest BCUT2D eigenvalue weighted by Gasteiger charge is -2.42. The van der Waals surface area contributed by atoms with Gasteiger partial charge in [-0.25, -0.2) is 13.8 Å². The zero-order valence-electron chi connectivity index (χ0n) is 26.9. The molecule has 4 aromatic rings. The standard InChI is InChI=1S/C38H36F2N6O2/c1-4-24-26(39)10-8-22-6-5-7-25(28(22)24)31-30(40)32-29-34(45-18-23-9-11-27(41-23)33(45)21(3)48-35(29)42-31)44-36(43-32)47-19-38-15-14-37(12-13-37)46(38)17-20(2)16-38/h1,5-8,10,21,23,27,33,41H,2,9,11-19H2,3H3/t21-,23+,27-,33+,38?/m0/s1. The first-order chi connectivity index (χ1) is 23.3. The maximum Gasteiger partial charge on any atom is 0.319 e. The lowest BCUT2D eigenvalue weighted by Crippen LogP contribution is -2.62. The van der Waals surface area contributed by atoms with E-state index in [-0.39, 0.29) is 57.9 Å². The highest BCUT2D eigenvalue weighted by atomic mass is 19.1. The summed E-state index contributed by atoms with van der Waals surface area (Å²) in [5, 5.41) is 5.28. The Kier molecular flexibility index (Phi) is 5.89. The van der Waals surface area contributed by atoms with E-state index in [1.54, 1.807) is 18.2 Å². The monoisotopic (exact) mass is 646 g/mol. The summed E-state index contributed by atoms with van der Waals surface area (Å²) < 4.78 is 45.4. The molecule has 2 bridgehead atoms. The van der Waals surface area contributed by atoms with Crippen molar-refractivity contribution in [1.29, 1.82) is 0 Å². The number of halogens is 2. The molecule has 1 saturated carbocycles. The van der Waals surface area contributed by atoms with Gasteiger partial charge in [0.15, 0.2) is 5.82 Å². The number of aromatic nitrogens is 3. The highest BCUT2D eigenvalue weighted by Gasteiger charge is 2.63. The van der Waals surface area contributed by atoms with Crippen LogP contribution in [0.1, 0.15) is 57.4 Å². The molecule has 5 atom stereocenters. The number of rotatable bonds is 4. The topological polar surface area (TPSA) is 75.6 Å². The minimum absolute atomic E-state index is 0.00385. The number of terminal acetylenes is 1. The second-order valence-electron chi connectivity index (χ2n) is 14.9. The van der Waals surface area contributed by atoms with Gasteiger partial charge < -0.3 is 19.7 Å². The molecule has 7 heterocycles. The Balaban J connectivity index is 1.16. The lowest BCUT2D eigenvalue weighted by molar-refractivity contribution is 0.0774. The van der Waals surface area contributed by atoms with E-state index in [2.05, 4.69) is 27.6 Å². The summed E-state index contributed by atoms with van der Waals surface area (Å²) in [5.41, 5.74) is 1.84. The normalized spacial score (nSPS) is 29.5. The minimum atomic E-state index is -0.651. The van der Waals surface area contributed by atoms with Gasteiger partial charge in [0.1, 0.15) is 40.9 Å². The van der Waals surface area contributed by atoms with Gasteiger partial charge in [-0.3, -0.25) is 4.90 Å². The van der Waals surface area contributed by atoms with Crippen LogP contribution in [-0.4, -0.2) is 74.9 Å². The van der Waals surface area contributed by atoms with Crippen LogP contribution in [0.2, 0.25) is 0 Å². The van der Waals surface area contributed by atoms with Crippen LogP contribution in [-0.2, 0) is 0 Å². The molecular weight excluding hydrogens is 610 g/mol. The molecule has 10 rings (SSSR count). The third kappa shape index (κ3) is 3.92. The van der Waals surface area contributed by atoms with E-state index in [9.17, 15) is 0 Å². The fourth-order valence-corrected chi connectivity index (χ4v) is 9.79. The van der Waals surface area contributed by atoms with Crippen molar-refractivity contribution in [2.24, 2.45) is 0 Å². The van der Waals surface area contributed by atoms with Crippen LogP contribution < -0.4 is 19.7 Å². The molecular formula is C38H36F2N6O2. The molecule has 244 valence electrons. The first kappa shape index (κ1) is 28.7. The second-order valence-corrected chi connectivity index (χ2v) is 14.9. The van der Waals surface area contributed by atoms with Crippen molar-refractivity contribution in [2.75, 3.05) is 24.6 Å². The lowest BCUT2D eigenvalue weighted by atomic mass is 9.94. The number of hydrogen-bond acceptors (Lipinski definition) is 8. The van der Waals surface area contributed by atoms with Crippen LogP contribution in [0, 0.1) is 24.0 Å². The predicted molar refractivity (Wildman–Crippen MR) is 179 cm³/mol. The average molecular weight is 647 g/mol. The van der Waals surface area contributed by atoms with Crippen LogP contribution in [0.25, 0.3) is 32.9 Å². The fraction of sp³-hybridized carbons (Fsp3) is 0.447. The summed E-state index contributed by atoms with van der Waals surface area (Å²) in [6.07, 6.45) is 13.1. The predicted octanol–water partition coefficient (Wildman–Crippen LogP) is 5.90. The minimum Gasteiger partial charge on any atom is -0.472 e. The molecule has 0 amide bonds. The Hall–Kier alpha value is -4.33. The van der Waals surface area contributed by atoms with Gasteiger partial charge in [-0.05, 0) is 63.3 Å². The molecule has 1 N–H and O–H groups in total. The fourth-order valence-electron chi connectivity index (χ4n) is 9.79. The van der Waals surface area contributed by atoms with Gasteiger partial charge in [0.05, 0.1) is 17.1 Å². The molecule has 1 spiro atoms. The smallest absolute Gasteiger partial charge is 0.319 e. The Morgan fingerprint density at radius 3 is 2.79 bits per heavy atom. The summed E-state index contributed by atoms with van der Waals surface area (Å²) >= 11 is 0. The van der Waals surface area contributed by atoms with Crippen molar-refractivity contribution in [1.82, 2.24) is 25.2 Å². The van der Waals surface area contributed by atoms with E-state index in [1.165, 1.54) is 24.5 Å². The first-order valence-corrected chi connectivity index (χ1v) is 17.1. The van der Waals surface area contributed by atoms with Crippen molar-refractivity contribution >= 4 is 27.5 Å². The summed E-state index contributed by atoms with van der Waals surface area (Å²) in [7, 11) is 0. The number of piperazine rings is 1. The average Bonchev–Trinajstić information content (AvgIpc) is 3.60. The van der Waals surface area contributed by atoms with E-state index in [4.69, 9.17) is 30.8 Å². The largest absolute Gasteiger partial charge is 0.472 e. The van der Waals surface area contributed by atoms with Crippen LogP contribution in [0.5, 0.6) is 11.9 Å². The molecule has 8 nitrogen and oxygen atoms in total. The van der Waals surface area contributed by atoms with Gasteiger partial charge in [0.2, 0.25) is 5.88 Å². The molecule has 10 heteroatoms. The van der Waals surface area contributed by atoms with Gasteiger partial charge >= 0.3 is 6.01 Å². The summed E-state index contributed by atoms with van der Waals surface area (Å²) in [6.45, 7) is 8.38. The molecule has 2 aromatic carbocycles. The number of anilines is 1. The maximum absolute atomic E-state index is 17.2. The number of nitrogens with one attached hydrogen (secondary N) is 1. The van der Waals surface area contributed by atoms with Crippen molar-refractivity contribution in [3.05, 3.63) is 59.7 Å². The van der Waals surface area contributed by atoms with E-state index >= 15 is 8.78 Å². The first-order valence-electron chi connectivity index (χ1n) is 17.1. The molecule has 1 aliphatic carbocycles. The number of hydrogen-bond donors (Lipinski definition) is 1. The highest BCUT2D eigenvalue weighted by molar-refractivity contribution is 6.03. The van der Waals surface area contributed by atoms with E-state index < -0.39 is 11.6 Å². The van der Waals surface area contributed by atoms with Crippen LogP contribution in [0.15, 0.2) is 42.5 Å². The SMILES string of the molecule is C#Cc1c(F)ccc2cccc(-c3nc4c5c(nc(OCC67CCC8(CC8)N6CC(=C)C7)nc5c3F)N3C[C@H]5CC[C@H](N5)[C@H]3[C@H](C)O4)c12. The molecule has 48 heavy (non-hydrogen) atoms. The molecule has 5 aliphatic heterocycles. The number of fused-ring (bicyclic) bond motifs is 8. The van der Waals surface area contributed by atoms with E-state index in [0.717, 1.165) is 38.6 Å². The highest BCUT2D eigenvalue weighted by Crippen LogP contribution is 2.59.